The number of amides is 1. The first-order chi connectivity index (χ1) is 9.06. The molecule has 5 heteroatoms. The molecule has 1 aromatic carbocycles. The summed E-state index contributed by atoms with van der Waals surface area (Å²) in [4.78, 5) is 22.9. The van der Waals surface area contributed by atoms with E-state index in [0.29, 0.717) is 6.42 Å². The second-order valence-electron chi connectivity index (χ2n) is 4.06. The molecule has 19 heavy (non-hydrogen) atoms. The Labute approximate surface area is 112 Å². The SMILES string of the molecule is CCOC(=O)C(Cc1ccc(OC)cc1)NC(C)=O. The molecule has 1 amide bonds. The van der Waals surface area contributed by atoms with Crippen LogP contribution in [-0.4, -0.2) is 31.6 Å². The van der Waals surface area contributed by atoms with Crippen molar-refractivity contribution >= 4 is 11.9 Å². The summed E-state index contributed by atoms with van der Waals surface area (Å²) in [7, 11) is 1.59. The standard InChI is InChI=1S/C14H19NO4/c1-4-19-14(17)13(15-10(2)16)9-11-5-7-12(18-3)8-6-11/h5-8,13H,4,9H2,1-3H3,(H,15,16). The Hall–Kier alpha value is -2.04. The number of esters is 1. The van der Waals surface area contributed by atoms with E-state index in [4.69, 9.17) is 9.47 Å². The summed E-state index contributed by atoms with van der Waals surface area (Å²) < 4.78 is 10.0. The van der Waals surface area contributed by atoms with Crippen LogP contribution in [0.2, 0.25) is 0 Å². The van der Waals surface area contributed by atoms with Crippen molar-refractivity contribution < 1.29 is 19.1 Å². The van der Waals surface area contributed by atoms with Gasteiger partial charge < -0.3 is 14.8 Å². The molecule has 0 aliphatic heterocycles. The molecule has 0 spiro atoms. The molecular formula is C14H19NO4. The molecule has 1 N–H and O–H groups in total. The molecular weight excluding hydrogens is 246 g/mol. The van der Waals surface area contributed by atoms with Crippen LogP contribution in [0.3, 0.4) is 0 Å². The second-order valence-corrected chi connectivity index (χ2v) is 4.06. The van der Waals surface area contributed by atoms with E-state index in [1.54, 1.807) is 14.0 Å². The maximum atomic E-state index is 11.7. The smallest absolute Gasteiger partial charge is 0.328 e. The normalized spacial score (nSPS) is 11.5. The summed E-state index contributed by atoms with van der Waals surface area (Å²) in [5, 5.41) is 2.60. The predicted molar refractivity (Wildman–Crippen MR) is 70.9 cm³/mol. The van der Waals surface area contributed by atoms with Gasteiger partial charge in [-0.1, -0.05) is 12.1 Å². The summed E-state index contributed by atoms with van der Waals surface area (Å²) in [5.41, 5.74) is 0.924. The van der Waals surface area contributed by atoms with Crippen LogP contribution in [0, 0.1) is 0 Å². The van der Waals surface area contributed by atoms with Gasteiger partial charge in [0.15, 0.2) is 0 Å². The van der Waals surface area contributed by atoms with Gasteiger partial charge in [-0.25, -0.2) is 4.79 Å². The third-order valence-corrected chi connectivity index (χ3v) is 2.55. The maximum Gasteiger partial charge on any atom is 0.328 e. The number of carbonyl (C=O) groups excluding carboxylic acids is 2. The highest BCUT2D eigenvalue weighted by Crippen LogP contribution is 2.13. The monoisotopic (exact) mass is 265 g/mol. The van der Waals surface area contributed by atoms with Crippen LogP contribution in [0.4, 0.5) is 0 Å². The van der Waals surface area contributed by atoms with Gasteiger partial charge in [0.2, 0.25) is 5.91 Å². The van der Waals surface area contributed by atoms with Crippen LogP contribution in [-0.2, 0) is 20.7 Å². The fraction of sp³-hybridized carbons (Fsp3) is 0.429. The van der Waals surface area contributed by atoms with Gasteiger partial charge in [0.1, 0.15) is 11.8 Å². The number of nitrogens with one attached hydrogen (secondary N) is 1. The van der Waals surface area contributed by atoms with Crippen molar-refractivity contribution in [2.75, 3.05) is 13.7 Å². The molecule has 1 atom stereocenters. The van der Waals surface area contributed by atoms with Gasteiger partial charge in [-0.05, 0) is 24.6 Å². The highest BCUT2D eigenvalue weighted by Gasteiger charge is 2.21. The van der Waals surface area contributed by atoms with Gasteiger partial charge in [-0.15, -0.1) is 0 Å². The molecule has 0 saturated heterocycles. The molecule has 5 nitrogen and oxygen atoms in total. The van der Waals surface area contributed by atoms with Gasteiger partial charge in [-0.3, -0.25) is 4.79 Å². The van der Waals surface area contributed by atoms with Crippen LogP contribution in [0.5, 0.6) is 5.75 Å². The van der Waals surface area contributed by atoms with E-state index in [0.717, 1.165) is 11.3 Å². The minimum atomic E-state index is -0.661. The van der Waals surface area contributed by atoms with Crippen molar-refractivity contribution in [2.24, 2.45) is 0 Å². The van der Waals surface area contributed by atoms with Crippen molar-refractivity contribution in [3.8, 4) is 5.75 Å². The van der Waals surface area contributed by atoms with Crippen LogP contribution < -0.4 is 10.1 Å². The van der Waals surface area contributed by atoms with Crippen LogP contribution in [0.1, 0.15) is 19.4 Å². The lowest BCUT2D eigenvalue weighted by atomic mass is 10.1. The van der Waals surface area contributed by atoms with Gasteiger partial charge in [-0.2, -0.15) is 0 Å². The van der Waals surface area contributed by atoms with Crippen molar-refractivity contribution in [3.63, 3.8) is 0 Å². The van der Waals surface area contributed by atoms with Gasteiger partial charge in [0.25, 0.3) is 0 Å². The fourth-order valence-corrected chi connectivity index (χ4v) is 1.68. The zero-order chi connectivity index (χ0) is 14.3. The van der Waals surface area contributed by atoms with Gasteiger partial charge in [0.05, 0.1) is 13.7 Å². The molecule has 0 aliphatic rings. The lowest BCUT2D eigenvalue weighted by Gasteiger charge is -2.16. The molecule has 0 fully saturated rings. The highest BCUT2D eigenvalue weighted by atomic mass is 16.5. The average molecular weight is 265 g/mol. The molecule has 1 rings (SSSR count). The Morgan fingerprint density at radius 2 is 1.89 bits per heavy atom. The molecule has 0 bridgehead atoms. The van der Waals surface area contributed by atoms with E-state index in [-0.39, 0.29) is 12.5 Å². The molecule has 0 saturated carbocycles. The number of carbonyl (C=O) groups is 2. The van der Waals surface area contributed by atoms with Crippen molar-refractivity contribution in [2.45, 2.75) is 26.3 Å². The summed E-state index contributed by atoms with van der Waals surface area (Å²) in [5.74, 6) is 0.0658. The quantitative estimate of drug-likeness (QED) is 0.788. The topological polar surface area (TPSA) is 64.6 Å². The molecule has 0 aliphatic carbocycles. The third kappa shape index (κ3) is 4.99. The van der Waals surface area contributed by atoms with Crippen molar-refractivity contribution in [3.05, 3.63) is 29.8 Å². The minimum Gasteiger partial charge on any atom is -0.497 e. The number of benzene rings is 1. The summed E-state index contributed by atoms with van der Waals surface area (Å²) >= 11 is 0. The average Bonchev–Trinajstić information content (AvgIpc) is 2.38. The zero-order valence-corrected chi connectivity index (χ0v) is 11.4. The fourth-order valence-electron chi connectivity index (χ4n) is 1.68. The van der Waals surface area contributed by atoms with E-state index >= 15 is 0 Å². The Morgan fingerprint density at radius 3 is 2.37 bits per heavy atom. The lowest BCUT2D eigenvalue weighted by molar-refractivity contribution is -0.147. The summed E-state index contributed by atoms with van der Waals surface area (Å²) in [6.45, 7) is 3.40. The van der Waals surface area contributed by atoms with Crippen molar-refractivity contribution in [1.82, 2.24) is 5.32 Å². The predicted octanol–water partition coefficient (Wildman–Crippen LogP) is 1.31. The Balaban J connectivity index is 2.74. The largest absolute Gasteiger partial charge is 0.497 e. The van der Waals surface area contributed by atoms with E-state index in [1.807, 2.05) is 24.3 Å². The Kier molecular flexibility index (Phi) is 5.85. The number of rotatable bonds is 6. The Morgan fingerprint density at radius 1 is 1.26 bits per heavy atom. The van der Waals surface area contributed by atoms with E-state index in [1.165, 1.54) is 6.92 Å². The Bertz CT molecular complexity index is 428. The molecule has 1 aromatic rings. The third-order valence-electron chi connectivity index (χ3n) is 2.55. The second kappa shape index (κ2) is 7.41. The minimum absolute atomic E-state index is 0.258. The zero-order valence-electron chi connectivity index (χ0n) is 11.4. The number of hydrogen-bond acceptors (Lipinski definition) is 4. The molecule has 1 unspecified atom stereocenters. The number of ether oxygens (including phenoxy) is 2. The van der Waals surface area contributed by atoms with Gasteiger partial charge in [0, 0.05) is 13.3 Å². The maximum absolute atomic E-state index is 11.7. The van der Waals surface area contributed by atoms with E-state index in [9.17, 15) is 9.59 Å². The lowest BCUT2D eigenvalue weighted by Crippen LogP contribution is -2.42. The summed E-state index contributed by atoms with van der Waals surface area (Å²) in [6, 6.07) is 6.67. The van der Waals surface area contributed by atoms with E-state index in [2.05, 4.69) is 5.32 Å². The molecule has 104 valence electrons. The van der Waals surface area contributed by atoms with Crippen molar-refractivity contribution in [1.29, 1.82) is 0 Å². The first-order valence-electron chi connectivity index (χ1n) is 6.13. The van der Waals surface area contributed by atoms with Gasteiger partial charge >= 0.3 is 5.97 Å². The van der Waals surface area contributed by atoms with Crippen LogP contribution in [0.15, 0.2) is 24.3 Å². The number of methoxy groups -OCH3 is 1. The molecule has 0 radical (unpaired) electrons. The summed E-state index contributed by atoms with van der Waals surface area (Å²) in [6.07, 6.45) is 0.391. The van der Waals surface area contributed by atoms with Crippen LogP contribution >= 0.6 is 0 Å². The van der Waals surface area contributed by atoms with Crippen LogP contribution in [0.25, 0.3) is 0 Å². The van der Waals surface area contributed by atoms with E-state index < -0.39 is 12.0 Å². The molecule has 0 aromatic heterocycles. The first kappa shape index (κ1) is 15.0. The highest BCUT2D eigenvalue weighted by molar-refractivity contribution is 5.83. The molecule has 0 heterocycles. The number of hydrogen-bond donors (Lipinski definition) is 1. The first-order valence-corrected chi connectivity index (χ1v) is 6.13.